The number of aromatic nitrogens is 1. The minimum absolute atomic E-state index is 0.0232. The van der Waals surface area contributed by atoms with E-state index >= 15 is 0 Å². The Balaban J connectivity index is 1.53. The van der Waals surface area contributed by atoms with Crippen LogP contribution in [0.2, 0.25) is 0 Å². The SMILES string of the molecule is COc1ccc(CCNC(=O)c2cn(C3CC3)c(=O)c3ccccc23)cc1OC. The van der Waals surface area contributed by atoms with E-state index in [0.29, 0.717) is 40.8 Å². The largest absolute Gasteiger partial charge is 0.493 e. The molecule has 1 aromatic heterocycles. The van der Waals surface area contributed by atoms with E-state index in [9.17, 15) is 9.59 Å². The van der Waals surface area contributed by atoms with Crippen molar-refractivity contribution in [1.29, 1.82) is 0 Å². The summed E-state index contributed by atoms with van der Waals surface area (Å²) >= 11 is 0. The molecule has 0 saturated heterocycles. The average molecular weight is 392 g/mol. The Morgan fingerprint density at radius 3 is 2.48 bits per heavy atom. The number of nitrogens with one attached hydrogen (secondary N) is 1. The van der Waals surface area contributed by atoms with Crippen molar-refractivity contribution >= 4 is 16.7 Å². The van der Waals surface area contributed by atoms with Gasteiger partial charge in [-0.3, -0.25) is 9.59 Å². The molecule has 0 radical (unpaired) electrons. The third-order valence-electron chi connectivity index (χ3n) is 5.28. The lowest BCUT2D eigenvalue weighted by molar-refractivity contribution is 0.0955. The van der Waals surface area contributed by atoms with E-state index in [0.717, 1.165) is 18.4 Å². The lowest BCUT2D eigenvalue weighted by atomic mass is 10.1. The molecule has 29 heavy (non-hydrogen) atoms. The van der Waals surface area contributed by atoms with E-state index in [1.165, 1.54) is 0 Å². The molecule has 0 aliphatic heterocycles. The number of methoxy groups -OCH3 is 2. The Labute approximate surface area is 169 Å². The number of carbonyl (C=O) groups is 1. The summed E-state index contributed by atoms with van der Waals surface area (Å²) < 4.78 is 12.3. The molecule has 1 aliphatic carbocycles. The van der Waals surface area contributed by atoms with Crippen molar-refractivity contribution in [3.63, 3.8) is 0 Å². The molecule has 2 aromatic carbocycles. The Morgan fingerprint density at radius 2 is 1.79 bits per heavy atom. The van der Waals surface area contributed by atoms with Gasteiger partial charge in [0, 0.05) is 29.6 Å². The highest BCUT2D eigenvalue weighted by atomic mass is 16.5. The molecule has 0 spiro atoms. The van der Waals surface area contributed by atoms with Crippen LogP contribution >= 0.6 is 0 Å². The van der Waals surface area contributed by atoms with Gasteiger partial charge in [-0.1, -0.05) is 24.3 Å². The minimum atomic E-state index is -0.170. The highest BCUT2D eigenvalue weighted by Gasteiger charge is 2.26. The van der Waals surface area contributed by atoms with E-state index in [-0.39, 0.29) is 17.5 Å². The number of nitrogens with zero attached hydrogens (tertiary/aromatic N) is 1. The second kappa shape index (κ2) is 7.99. The smallest absolute Gasteiger partial charge is 0.258 e. The van der Waals surface area contributed by atoms with Gasteiger partial charge in [0.2, 0.25) is 0 Å². The van der Waals surface area contributed by atoms with Gasteiger partial charge in [0.1, 0.15) is 0 Å². The van der Waals surface area contributed by atoms with Crippen molar-refractivity contribution in [2.45, 2.75) is 25.3 Å². The fraction of sp³-hybridized carbons (Fsp3) is 0.304. The van der Waals surface area contributed by atoms with Crippen molar-refractivity contribution in [3.8, 4) is 11.5 Å². The van der Waals surface area contributed by atoms with Crippen LogP contribution in [-0.4, -0.2) is 31.2 Å². The van der Waals surface area contributed by atoms with Gasteiger partial charge in [0.05, 0.1) is 19.8 Å². The van der Waals surface area contributed by atoms with Gasteiger partial charge in [-0.25, -0.2) is 0 Å². The predicted octanol–water partition coefficient (Wildman–Crippen LogP) is 3.33. The van der Waals surface area contributed by atoms with E-state index in [1.54, 1.807) is 31.0 Å². The zero-order valence-electron chi connectivity index (χ0n) is 16.6. The van der Waals surface area contributed by atoms with Crippen LogP contribution in [0.4, 0.5) is 0 Å². The van der Waals surface area contributed by atoms with Crippen LogP contribution in [0.5, 0.6) is 11.5 Å². The van der Waals surface area contributed by atoms with Crippen molar-refractivity contribution in [3.05, 3.63) is 70.1 Å². The average Bonchev–Trinajstić information content (AvgIpc) is 3.59. The molecule has 6 heteroatoms. The summed E-state index contributed by atoms with van der Waals surface area (Å²) in [5.74, 6) is 1.17. The molecule has 0 atom stereocenters. The van der Waals surface area contributed by atoms with Gasteiger partial charge in [-0.15, -0.1) is 0 Å². The van der Waals surface area contributed by atoms with Crippen molar-refractivity contribution in [2.75, 3.05) is 20.8 Å². The predicted molar refractivity (Wildman–Crippen MR) is 112 cm³/mol. The zero-order valence-corrected chi connectivity index (χ0v) is 16.6. The number of rotatable bonds is 7. The number of fused-ring (bicyclic) bond motifs is 1. The van der Waals surface area contributed by atoms with E-state index in [1.807, 2.05) is 36.4 Å². The van der Waals surface area contributed by atoms with Gasteiger partial charge in [0.25, 0.3) is 11.5 Å². The maximum Gasteiger partial charge on any atom is 0.258 e. The van der Waals surface area contributed by atoms with Crippen LogP contribution < -0.4 is 20.3 Å². The first-order valence-electron chi connectivity index (χ1n) is 9.75. The van der Waals surface area contributed by atoms with Crippen LogP contribution in [0, 0.1) is 0 Å². The molecule has 1 saturated carbocycles. The zero-order chi connectivity index (χ0) is 20.4. The second-order valence-electron chi connectivity index (χ2n) is 7.23. The maximum atomic E-state index is 12.9. The molecule has 1 fully saturated rings. The molecule has 0 bridgehead atoms. The number of pyridine rings is 1. The van der Waals surface area contributed by atoms with Gasteiger partial charge in [0.15, 0.2) is 11.5 Å². The Kier molecular flexibility index (Phi) is 5.25. The van der Waals surface area contributed by atoms with Gasteiger partial charge >= 0.3 is 0 Å². The monoisotopic (exact) mass is 392 g/mol. The third-order valence-corrected chi connectivity index (χ3v) is 5.28. The molecule has 1 N–H and O–H groups in total. The van der Waals surface area contributed by atoms with Gasteiger partial charge < -0.3 is 19.4 Å². The van der Waals surface area contributed by atoms with Crippen LogP contribution in [0.1, 0.15) is 34.8 Å². The molecule has 4 rings (SSSR count). The summed E-state index contributed by atoms with van der Waals surface area (Å²) in [6, 6.07) is 13.2. The molecule has 3 aromatic rings. The highest BCUT2D eigenvalue weighted by Crippen LogP contribution is 2.34. The number of benzene rings is 2. The Bertz CT molecular complexity index is 1120. The third kappa shape index (κ3) is 3.83. The molecule has 1 aliphatic rings. The summed E-state index contributed by atoms with van der Waals surface area (Å²) in [5, 5.41) is 4.27. The normalized spacial score (nSPS) is 13.3. The molecular formula is C23H24N2O4. The molecule has 150 valence electrons. The first kappa shape index (κ1) is 19.1. The molecule has 1 heterocycles. The van der Waals surface area contributed by atoms with E-state index < -0.39 is 0 Å². The number of ether oxygens (including phenoxy) is 2. The second-order valence-corrected chi connectivity index (χ2v) is 7.23. The Morgan fingerprint density at radius 1 is 1.07 bits per heavy atom. The summed E-state index contributed by atoms with van der Waals surface area (Å²) in [4.78, 5) is 25.6. The standard InChI is InChI=1S/C23H24N2O4/c1-28-20-10-7-15(13-21(20)29-2)11-12-24-22(26)19-14-25(16-8-9-16)23(27)18-6-4-3-5-17(18)19/h3-7,10,13-14,16H,8-9,11-12H2,1-2H3,(H,24,26). The van der Waals surface area contributed by atoms with Gasteiger partial charge in [-0.2, -0.15) is 0 Å². The molecular weight excluding hydrogens is 368 g/mol. The first-order chi connectivity index (χ1) is 14.1. The fourth-order valence-corrected chi connectivity index (χ4v) is 3.57. The van der Waals surface area contributed by atoms with Crippen LogP contribution in [0.15, 0.2) is 53.5 Å². The number of carbonyl (C=O) groups excluding carboxylic acids is 1. The van der Waals surface area contributed by atoms with Crippen molar-refractivity contribution < 1.29 is 14.3 Å². The summed E-state index contributed by atoms with van der Waals surface area (Å²) in [6.45, 7) is 0.477. The minimum Gasteiger partial charge on any atom is -0.493 e. The fourth-order valence-electron chi connectivity index (χ4n) is 3.57. The van der Waals surface area contributed by atoms with E-state index in [2.05, 4.69) is 5.32 Å². The molecule has 1 amide bonds. The highest BCUT2D eigenvalue weighted by molar-refractivity contribution is 6.06. The Hall–Kier alpha value is -3.28. The lowest BCUT2D eigenvalue weighted by Gasteiger charge is -2.13. The number of amides is 1. The van der Waals surface area contributed by atoms with Crippen molar-refractivity contribution in [2.24, 2.45) is 0 Å². The lowest BCUT2D eigenvalue weighted by Crippen LogP contribution is -2.29. The quantitative estimate of drug-likeness (QED) is 0.670. The number of hydrogen-bond acceptors (Lipinski definition) is 4. The van der Waals surface area contributed by atoms with Crippen LogP contribution in [-0.2, 0) is 6.42 Å². The summed E-state index contributed by atoms with van der Waals surface area (Å²) in [6.07, 6.45) is 4.34. The van der Waals surface area contributed by atoms with Crippen molar-refractivity contribution in [1.82, 2.24) is 9.88 Å². The summed E-state index contributed by atoms with van der Waals surface area (Å²) in [5.41, 5.74) is 1.56. The van der Waals surface area contributed by atoms with Gasteiger partial charge in [-0.05, 0) is 43.0 Å². The maximum absolute atomic E-state index is 12.9. The molecule has 6 nitrogen and oxygen atoms in total. The summed E-state index contributed by atoms with van der Waals surface area (Å²) in [7, 11) is 3.20. The van der Waals surface area contributed by atoms with E-state index in [4.69, 9.17) is 9.47 Å². The first-order valence-corrected chi connectivity index (χ1v) is 9.75. The van der Waals surface area contributed by atoms with Crippen LogP contribution in [0.3, 0.4) is 0 Å². The topological polar surface area (TPSA) is 69.6 Å². The number of hydrogen-bond donors (Lipinski definition) is 1. The molecule has 0 unspecified atom stereocenters. The van der Waals surface area contributed by atoms with Crippen LogP contribution in [0.25, 0.3) is 10.8 Å².